The first-order valence-corrected chi connectivity index (χ1v) is 7.74. The van der Waals surface area contributed by atoms with Gasteiger partial charge in [0.15, 0.2) is 0 Å². The van der Waals surface area contributed by atoms with Crippen molar-refractivity contribution in [2.75, 3.05) is 13.2 Å². The predicted molar refractivity (Wildman–Crippen MR) is 82.1 cm³/mol. The highest BCUT2D eigenvalue weighted by Crippen LogP contribution is 2.31. The maximum Gasteiger partial charge on any atom is 0.144 e. The van der Waals surface area contributed by atoms with Gasteiger partial charge in [-0.15, -0.1) is 0 Å². The molecule has 1 saturated heterocycles. The third kappa shape index (κ3) is 4.35. The van der Waals surface area contributed by atoms with E-state index in [9.17, 15) is 0 Å². The topological polar surface area (TPSA) is 79.9 Å². The van der Waals surface area contributed by atoms with E-state index in [1.807, 2.05) is 13.8 Å². The SMILES string of the molecule is CCC1(CC)CC(NCCC(C)(C)C(N)=NO)CCO1. The Morgan fingerprint density at radius 2 is 2.10 bits per heavy atom. The second-order valence-electron chi connectivity index (χ2n) is 6.50. The summed E-state index contributed by atoms with van der Waals surface area (Å²) in [6, 6.07) is 0.506. The zero-order valence-corrected chi connectivity index (χ0v) is 13.4. The molecule has 0 amide bonds. The van der Waals surface area contributed by atoms with E-state index in [1.165, 1.54) is 0 Å². The lowest BCUT2D eigenvalue weighted by molar-refractivity contribution is -0.0930. The second kappa shape index (κ2) is 7.27. The quantitative estimate of drug-likeness (QED) is 0.290. The molecule has 0 saturated carbocycles. The van der Waals surface area contributed by atoms with Crippen molar-refractivity contribution in [1.29, 1.82) is 0 Å². The molecule has 1 fully saturated rings. The highest BCUT2D eigenvalue weighted by atomic mass is 16.5. The van der Waals surface area contributed by atoms with Crippen LogP contribution >= 0.6 is 0 Å². The van der Waals surface area contributed by atoms with E-state index >= 15 is 0 Å². The molecule has 0 aromatic heterocycles. The summed E-state index contributed by atoms with van der Waals surface area (Å²) in [5.41, 5.74) is 5.48. The average Bonchev–Trinajstić information content (AvgIpc) is 2.46. The van der Waals surface area contributed by atoms with E-state index in [-0.39, 0.29) is 11.0 Å². The number of hydrogen-bond donors (Lipinski definition) is 3. The van der Waals surface area contributed by atoms with Crippen LogP contribution in [0.1, 0.15) is 59.8 Å². The minimum absolute atomic E-state index is 0.0526. The summed E-state index contributed by atoms with van der Waals surface area (Å²) in [5.74, 6) is 0.294. The van der Waals surface area contributed by atoms with Crippen LogP contribution in [0.3, 0.4) is 0 Å². The smallest absolute Gasteiger partial charge is 0.144 e. The van der Waals surface area contributed by atoms with Crippen LogP contribution < -0.4 is 11.1 Å². The van der Waals surface area contributed by atoms with Crippen molar-refractivity contribution < 1.29 is 9.94 Å². The van der Waals surface area contributed by atoms with Gasteiger partial charge in [-0.2, -0.15) is 0 Å². The van der Waals surface area contributed by atoms with Crippen LogP contribution in [0, 0.1) is 5.41 Å². The lowest BCUT2D eigenvalue weighted by atomic mass is 9.85. The van der Waals surface area contributed by atoms with Gasteiger partial charge in [0, 0.05) is 18.1 Å². The molecule has 0 radical (unpaired) electrons. The number of hydrogen-bond acceptors (Lipinski definition) is 4. The van der Waals surface area contributed by atoms with Crippen LogP contribution in [0.25, 0.3) is 0 Å². The Morgan fingerprint density at radius 1 is 1.45 bits per heavy atom. The lowest BCUT2D eigenvalue weighted by Gasteiger charge is -2.40. The fraction of sp³-hybridized carbons (Fsp3) is 0.933. The molecule has 1 heterocycles. The monoisotopic (exact) mass is 285 g/mol. The second-order valence-corrected chi connectivity index (χ2v) is 6.50. The van der Waals surface area contributed by atoms with Crippen molar-refractivity contribution in [3.05, 3.63) is 0 Å². The summed E-state index contributed by atoms with van der Waals surface area (Å²) < 4.78 is 5.98. The fourth-order valence-electron chi connectivity index (χ4n) is 2.80. The Kier molecular flexibility index (Phi) is 6.27. The van der Waals surface area contributed by atoms with Crippen LogP contribution in [0.5, 0.6) is 0 Å². The van der Waals surface area contributed by atoms with E-state index in [4.69, 9.17) is 15.7 Å². The molecule has 0 spiro atoms. The van der Waals surface area contributed by atoms with Crippen LogP contribution in [0.15, 0.2) is 5.16 Å². The van der Waals surface area contributed by atoms with Gasteiger partial charge in [0.05, 0.1) is 5.60 Å². The van der Waals surface area contributed by atoms with Gasteiger partial charge in [-0.25, -0.2) is 0 Å². The lowest BCUT2D eigenvalue weighted by Crippen LogP contribution is -2.47. The molecule has 20 heavy (non-hydrogen) atoms. The normalized spacial score (nSPS) is 23.8. The summed E-state index contributed by atoms with van der Waals surface area (Å²) in [5, 5.41) is 15.5. The highest BCUT2D eigenvalue weighted by molar-refractivity contribution is 5.85. The predicted octanol–water partition coefficient (Wildman–Crippen LogP) is 2.48. The molecule has 1 aliphatic rings. The molecule has 0 aromatic carbocycles. The van der Waals surface area contributed by atoms with E-state index in [0.29, 0.717) is 11.9 Å². The van der Waals surface area contributed by atoms with Gasteiger partial charge in [0.25, 0.3) is 0 Å². The molecule has 0 bridgehead atoms. The first-order valence-electron chi connectivity index (χ1n) is 7.74. The van der Waals surface area contributed by atoms with Crippen molar-refractivity contribution in [1.82, 2.24) is 5.32 Å². The van der Waals surface area contributed by atoms with E-state index in [0.717, 1.165) is 45.3 Å². The summed E-state index contributed by atoms with van der Waals surface area (Å²) in [6.07, 6.45) is 5.12. The Bertz CT molecular complexity index is 325. The third-order valence-corrected chi connectivity index (χ3v) is 4.77. The molecular weight excluding hydrogens is 254 g/mol. The number of nitrogens with two attached hydrogens (primary N) is 1. The van der Waals surface area contributed by atoms with Crippen molar-refractivity contribution >= 4 is 5.84 Å². The van der Waals surface area contributed by atoms with Crippen molar-refractivity contribution in [3.63, 3.8) is 0 Å². The highest BCUT2D eigenvalue weighted by Gasteiger charge is 2.34. The molecule has 0 aliphatic carbocycles. The maximum atomic E-state index is 8.78. The Labute approximate surface area is 122 Å². The minimum atomic E-state index is -0.278. The molecule has 118 valence electrons. The van der Waals surface area contributed by atoms with Gasteiger partial charge in [-0.05, 0) is 38.6 Å². The molecule has 5 nitrogen and oxygen atoms in total. The number of nitrogens with one attached hydrogen (secondary N) is 1. The van der Waals surface area contributed by atoms with Crippen molar-refractivity contribution in [2.24, 2.45) is 16.3 Å². The zero-order chi connectivity index (χ0) is 15.2. The largest absolute Gasteiger partial charge is 0.409 e. The molecule has 0 aromatic rings. The molecular formula is C15H31N3O2. The van der Waals surface area contributed by atoms with Crippen LogP contribution in [-0.2, 0) is 4.74 Å². The van der Waals surface area contributed by atoms with Gasteiger partial charge in [-0.1, -0.05) is 32.9 Å². The number of ether oxygens (including phenoxy) is 1. The van der Waals surface area contributed by atoms with E-state index in [2.05, 4.69) is 24.3 Å². The van der Waals surface area contributed by atoms with Crippen LogP contribution in [-0.4, -0.2) is 35.8 Å². The van der Waals surface area contributed by atoms with Gasteiger partial charge in [0.1, 0.15) is 5.84 Å². The summed E-state index contributed by atoms with van der Waals surface area (Å²) in [6.45, 7) is 10.1. The Hall–Kier alpha value is -0.810. The maximum absolute atomic E-state index is 8.78. The number of oxime groups is 1. The van der Waals surface area contributed by atoms with Crippen LogP contribution in [0.4, 0.5) is 0 Å². The summed E-state index contributed by atoms with van der Waals surface area (Å²) >= 11 is 0. The van der Waals surface area contributed by atoms with Gasteiger partial charge in [0.2, 0.25) is 0 Å². The molecule has 1 aliphatic heterocycles. The molecule has 1 unspecified atom stereocenters. The van der Waals surface area contributed by atoms with Gasteiger partial charge >= 0.3 is 0 Å². The first kappa shape index (κ1) is 17.2. The number of nitrogens with zero attached hydrogens (tertiary/aromatic N) is 1. The zero-order valence-electron chi connectivity index (χ0n) is 13.4. The summed E-state index contributed by atoms with van der Waals surface area (Å²) in [7, 11) is 0. The van der Waals surface area contributed by atoms with Gasteiger partial charge < -0.3 is 21.0 Å². The average molecular weight is 285 g/mol. The third-order valence-electron chi connectivity index (χ3n) is 4.77. The Balaban J connectivity index is 2.42. The molecule has 5 heteroatoms. The standard InChI is InChI=1S/C15H31N3O2/c1-5-15(6-2)11-12(7-10-20-15)17-9-8-14(3,4)13(16)18-19/h12,17,19H,5-11H2,1-4H3,(H2,16,18). The fourth-order valence-corrected chi connectivity index (χ4v) is 2.80. The molecule has 1 rings (SSSR count). The number of rotatable bonds is 7. The van der Waals surface area contributed by atoms with E-state index in [1.54, 1.807) is 0 Å². The van der Waals surface area contributed by atoms with Crippen molar-refractivity contribution in [3.8, 4) is 0 Å². The van der Waals surface area contributed by atoms with Crippen molar-refractivity contribution in [2.45, 2.75) is 71.4 Å². The molecule has 4 N–H and O–H groups in total. The number of amidine groups is 1. The minimum Gasteiger partial charge on any atom is -0.409 e. The summed E-state index contributed by atoms with van der Waals surface area (Å²) in [4.78, 5) is 0. The van der Waals surface area contributed by atoms with Gasteiger partial charge in [-0.3, -0.25) is 0 Å². The van der Waals surface area contributed by atoms with E-state index < -0.39 is 0 Å². The van der Waals surface area contributed by atoms with Crippen LogP contribution in [0.2, 0.25) is 0 Å². The Morgan fingerprint density at radius 3 is 2.65 bits per heavy atom. The molecule has 1 atom stereocenters. The first-order chi connectivity index (χ1) is 9.39.